The van der Waals surface area contributed by atoms with Crippen LogP contribution in [0.5, 0.6) is 5.75 Å². The zero-order chi connectivity index (χ0) is 13.3. The lowest BCUT2D eigenvalue weighted by Gasteiger charge is -2.15. The normalized spacial score (nSPS) is 11.8. The summed E-state index contributed by atoms with van der Waals surface area (Å²) in [6.07, 6.45) is 0. The van der Waals surface area contributed by atoms with Gasteiger partial charge in [0.25, 0.3) is 0 Å². The van der Waals surface area contributed by atoms with Gasteiger partial charge >= 0.3 is 12.6 Å². The third kappa shape index (κ3) is 2.85. The first-order valence-electron chi connectivity index (χ1n) is 5.23. The third-order valence-corrected chi connectivity index (χ3v) is 2.36. The molecule has 18 heavy (non-hydrogen) atoms. The number of hydrogen-bond acceptors (Lipinski definition) is 3. The summed E-state index contributed by atoms with van der Waals surface area (Å²) >= 11 is 0. The molecule has 0 saturated carbocycles. The second kappa shape index (κ2) is 4.40. The van der Waals surface area contributed by atoms with Crippen molar-refractivity contribution in [1.29, 1.82) is 0 Å². The Balaban J connectivity index is 2.35. The standard InChI is InChI=1S/C11H9BF3O3/c1-7-4-11(16)18-10-5-8(2-3-9(7)10)17-6-12(13,14)15/h2-5H,6H2,1H3/q-1. The summed E-state index contributed by atoms with van der Waals surface area (Å²) in [7, 11) is 0. The van der Waals surface area contributed by atoms with Crippen LogP contribution in [0.2, 0.25) is 0 Å². The molecule has 0 aliphatic rings. The molecule has 2 rings (SSSR count). The van der Waals surface area contributed by atoms with Crippen molar-refractivity contribution in [2.75, 3.05) is 6.51 Å². The first-order valence-corrected chi connectivity index (χ1v) is 5.23. The highest BCUT2D eigenvalue weighted by Crippen LogP contribution is 2.23. The molecule has 3 nitrogen and oxygen atoms in total. The highest BCUT2D eigenvalue weighted by atomic mass is 19.4. The fourth-order valence-electron chi connectivity index (χ4n) is 1.59. The Morgan fingerprint density at radius 1 is 1.28 bits per heavy atom. The molecule has 0 unspecified atom stereocenters. The smallest absolute Gasteiger partial charge is 0.515 e. The minimum atomic E-state index is -5.00. The van der Waals surface area contributed by atoms with Crippen LogP contribution in [0.4, 0.5) is 12.9 Å². The Morgan fingerprint density at radius 3 is 2.67 bits per heavy atom. The van der Waals surface area contributed by atoms with Crippen molar-refractivity contribution >= 4 is 17.9 Å². The van der Waals surface area contributed by atoms with Crippen molar-refractivity contribution in [3.63, 3.8) is 0 Å². The topological polar surface area (TPSA) is 39.4 Å². The fourth-order valence-corrected chi connectivity index (χ4v) is 1.59. The molecule has 0 N–H and O–H groups in total. The van der Waals surface area contributed by atoms with Crippen LogP contribution in [-0.2, 0) is 0 Å². The van der Waals surface area contributed by atoms with Gasteiger partial charge in [-0.1, -0.05) is 0 Å². The molecule has 0 radical (unpaired) electrons. The van der Waals surface area contributed by atoms with Gasteiger partial charge in [0.15, 0.2) is 0 Å². The number of ether oxygens (including phenoxy) is 1. The van der Waals surface area contributed by atoms with Crippen LogP contribution in [0.1, 0.15) is 5.56 Å². The predicted octanol–water partition coefficient (Wildman–Crippen LogP) is 2.87. The van der Waals surface area contributed by atoms with Crippen LogP contribution < -0.4 is 10.4 Å². The van der Waals surface area contributed by atoms with Gasteiger partial charge in [0.05, 0.1) is 6.51 Å². The molecule has 2 aromatic rings. The van der Waals surface area contributed by atoms with E-state index in [4.69, 9.17) is 4.42 Å². The van der Waals surface area contributed by atoms with E-state index in [2.05, 4.69) is 4.74 Å². The van der Waals surface area contributed by atoms with Gasteiger partial charge in [-0.3, -0.25) is 0 Å². The number of benzene rings is 1. The maximum absolute atomic E-state index is 12.0. The van der Waals surface area contributed by atoms with Crippen LogP contribution in [0.15, 0.2) is 33.5 Å². The molecule has 1 aromatic carbocycles. The van der Waals surface area contributed by atoms with Gasteiger partial charge in [-0.25, -0.2) is 4.79 Å². The van der Waals surface area contributed by atoms with Gasteiger partial charge in [0, 0.05) is 17.5 Å². The number of hydrogen-bond donors (Lipinski definition) is 0. The van der Waals surface area contributed by atoms with Gasteiger partial charge in [-0.15, -0.1) is 0 Å². The average molecular weight is 257 g/mol. The molecule has 0 spiro atoms. The Morgan fingerprint density at radius 2 is 2.00 bits per heavy atom. The molecule has 0 aliphatic heterocycles. The van der Waals surface area contributed by atoms with E-state index < -0.39 is 19.1 Å². The Hall–Kier alpha value is -1.92. The van der Waals surface area contributed by atoms with Crippen molar-refractivity contribution in [2.45, 2.75) is 6.92 Å². The quantitative estimate of drug-likeness (QED) is 0.626. The number of fused-ring (bicyclic) bond motifs is 1. The molecule has 0 saturated heterocycles. The molecule has 7 heteroatoms. The third-order valence-electron chi connectivity index (χ3n) is 2.36. The lowest BCUT2D eigenvalue weighted by atomic mass is 9.95. The van der Waals surface area contributed by atoms with E-state index >= 15 is 0 Å². The lowest BCUT2D eigenvalue weighted by molar-refractivity contribution is 0.313. The van der Waals surface area contributed by atoms with Crippen molar-refractivity contribution in [2.24, 2.45) is 0 Å². The highest BCUT2D eigenvalue weighted by Gasteiger charge is 2.24. The Labute approximate surface area is 100 Å². The average Bonchev–Trinajstić information content (AvgIpc) is 2.24. The van der Waals surface area contributed by atoms with Crippen molar-refractivity contribution in [3.05, 3.63) is 40.2 Å². The fraction of sp³-hybridized carbons (Fsp3) is 0.182. The maximum Gasteiger partial charge on any atom is 0.515 e. The summed E-state index contributed by atoms with van der Waals surface area (Å²) in [5.74, 6) is 0.0236. The summed E-state index contributed by atoms with van der Waals surface area (Å²) in [4.78, 5) is 11.1. The summed E-state index contributed by atoms with van der Waals surface area (Å²) in [6, 6.07) is 5.58. The molecule has 1 heterocycles. The van der Waals surface area contributed by atoms with Gasteiger partial charge in [-0.2, -0.15) is 0 Å². The highest BCUT2D eigenvalue weighted by molar-refractivity contribution is 6.58. The van der Waals surface area contributed by atoms with Crippen molar-refractivity contribution in [1.82, 2.24) is 0 Å². The zero-order valence-electron chi connectivity index (χ0n) is 9.45. The van der Waals surface area contributed by atoms with E-state index in [0.29, 0.717) is 10.9 Å². The van der Waals surface area contributed by atoms with E-state index in [1.807, 2.05) is 0 Å². The molecule has 0 bridgehead atoms. The van der Waals surface area contributed by atoms with Crippen molar-refractivity contribution < 1.29 is 22.1 Å². The van der Waals surface area contributed by atoms with E-state index in [0.717, 1.165) is 0 Å². The monoisotopic (exact) mass is 257 g/mol. The van der Waals surface area contributed by atoms with Crippen molar-refractivity contribution in [3.8, 4) is 5.75 Å². The summed E-state index contributed by atoms with van der Waals surface area (Å²) < 4.78 is 45.6. The largest absolute Gasteiger partial charge is 0.522 e. The van der Waals surface area contributed by atoms with E-state index in [1.54, 1.807) is 13.0 Å². The first kappa shape index (κ1) is 12.5. The Bertz CT molecular complexity index is 633. The minimum Gasteiger partial charge on any atom is -0.522 e. The number of aryl methyl sites for hydroxylation is 1. The van der Waals surface area contributed by atoms with Gasteiger partial charge < -0.3 is 22.1 Å². The van der Waals surface area contributed by atoms with Gasteiger partial charge in [0.1, 0.15) is 11.3 Å². The SMILES string of the molecule is Cc1cc(=O)oc2cc(OC[B-](F)(F)F)ccc12. The first-order chi connectivity index (χ1) is 8.35. The Kier molecular flexibility index (Phi) is 3.06. The zero-order valence-corrected chi connectivity index (χ0v) is 9.45. The molecule has 96 valence electrons. The predicted molar refractivity (Wildman–Crippen MR) is 61.8 cm³/mol. The molecule has 1 aromatic heterocycles. The van der Waals surface area contributed by atoms with E-state index in [-0.39, 0.29) is 11.3 Å². The van der Waals surface area contributed by atoms with Crippen LogP contribution in [0, 0.1) is 6.92 Å². The summed E-state index contributed by atoms with van der Waals surface area (Å²) in [5, 5.41) is 0.666. The number of rotatable bonds is 3. The summed E-state index contributed by atoms with van der Waals surface area (Å²) in [5.41, 5.74) is 0.372. The molecular weight excluding hydrogens is 248 g/mol. The number of halogens is 3. The maximum atomic E-state index is 12.0. The second-order valence-corrected chi connectivity index (χ2v) is 3.93. The van der Waals surface area contributed by atoms with Gasteiger partial charge in [-0.05, 0) is 24.6 Å². The van der Waals surface area contributed by atoms with E-state index in [1.165, 1.54) is 18.2 Å². The van der Waals surface area contributed by atoms with Crippen LogP contribution in [0.3, 0.4) is 0 Å². The minimum absolute atomic E-state index is 0.0236. The molecule has 0 aliphatic carbocycles. The van der Waals surface area contributed by atoms with Crippen LogP contribution in [-0.4, -0.2) is 13.5 Å². The molecule has 0 fully saturated rings. The second-order valence-electron chi connectivity index (χ2n) is 3.93. The van der Waals surface area contributed by atoms with E-state index in [9.17, 15) is 17.7 Å². The molecule has 0 amide bonds. The molecular formula is C11H9BF3O3-. The van der Waals surface area contributed by atoms with Crippen LogP contribution >= 0.6 is 0 Å². The molecule has 0 atom stereocenters. The van der Waals surface area contributed by atoms with Gasteiger partial charge in [0.2, 0.25) is 0 Å². The van der Waals surface area contributed by atoms with Crippen LogP contribution in [0.25, 0.3) is 11.0 Å². The lowest BCUT2D eigenvalue weighted by Crippen LogP contribution is -2.26. The summed E-state index contributed by atoms with van der Waals surface area (Å²) in [6.45, 7) is -4.60.